The largest absolute Gasteiger partial charge is 0.380 e. The Balaban J connectivity index is 0.00000200. The maximum Gasteiger partial charge on any atom is 0.251 e. The number of methoxy groups -OCH3 is 1. The van der Waals surface area contributed by atoms with E-state index in [0.29, 0.717) is 18.1 Å². The van der Waals surface area contributed by atoms with Crippen molar-refractivity contribution in [2.75, 3.05) is 26.7 Å². The van der Waals surface area contributed by atoms with Gasteiger partial charge in [-0.3, -0.25) is 4.79 Å². The molecule has 1 atom stereocenters. The van der Waals surface area contributed by atoms with Gasteiger partial charge in [0, 0.05) is 19.2 Å². The van der Waals surface area contributed by atoms with Crippen molar-refractivity contribution in [1.82, 2.24) is 10.6 Å². The monoisotopic (exact) mass is 298 g/mol. The number of carbonyl (C=O) groups excluding carboxylic acids is 1. The van der Waals surface area contributed by atoms with Gasteiger partial charge in [0.05, 0.1) is 6.61 Å². The molecule has 1 heterocycles. The molecule has 0 radical (unpaired) electrons. The van der Waals surface area contributed by atoms with E-state index in [4.69, 9.17) is 4.74 Å². The van der Waals surface area contributed by atoms with E-state index in [1.54, 1.807) is 7.11 Å². The summed E-state index contributed by atoms with van der Waals surface area (Å²) in [4.78, 5) is 12.1. The molecule has 1 saturated heterocycles. The van der Waals surface area contributed by atoms with Crippen molar-refractivity contribution in [3.05, 3.63) is 35.4 Å². The second-order valence-electron chi connectivity index (χ2n) is 5.06. The molecule has 1 fully saturated rings. The van der Waals surface area contributed by atoms with Crippen LogP contribution in [-0.2, 0) is 11.3 Å². The summed E-state index contributed by atoms with van der Waals surface area (Å²) in [6.45, 7) is 3.39. The van der Waals surface area contributed by atoms with Crippen molar-refractivity contribution in [2.45, 2.75) is 19.4 Å². The fraction of sp³-hybridized carbons (Fsp3) is 0.533. The van der Waals surface area contributed by atoms with Gasteiger partial charge in [-0.15, -0.1) is 12.4 Å². The van der Waals surface area contributed by atoms with E-state index < -0.39 is 0 Å². The molecule has 0 aliphatic carbocycles. The predicted octanol–water partition coefficient (Wildman–Crippen LogP) is 1.98. The highest BCUT2D eigenvalue weighted by atomic mass is 35.5. The molecule has 1 aromatic rings. The third kappa shape index (κ3) is 5.12. The normalized spacial score (nSPS) is 18.1. The summed E-state index contributed by atoms with van der Waals surface area (Å²) in [5.41, 5.74) is 1.73. The van der Waals surface area contributed by atoms with Crippen LogP contribution in [0.2, 0.25) is 0 Å². The molecular weight excluding hydrogens is 276 g/mol. The van der Waals surface area contributed by atoms with Gasteiger partial charge in [0.1, 0.15) is 0 Å². The summed E-state index contributed by atoms with van der Waals surface area (Å²) in [7, 11) is 1.66. The smallest absolute Gasteiger partial charge is 0.251 e. The van der Waals surface area contributed by atoms with Crippen LogP contribution in [0.4, 0.5) is 0 Å². The third-order valence-corrected chi connectivity index (χ3v) is 3.45. The second kappa shape index (κ2) is 8.95. The van der Waals surface area contributed by atoms with Gasteiger partial charge in [-0.25, -0.2) is 0 Å². The molecule has 1 aromatic carbocycles. The summed E-state index contributed by atoms with van der Waals surface area (Å²) in [5.74, 6) is 0.559. The molecule has 0 aromatic heterocycles. The molecular formula is C15H23ClN2O2. The fourth-order valence-corrected chi connectivity index (χ4v) is 2.41. The molecule has 20 heavy (non-hydrogen) atoms. The van der Waals surface area contributed by atoms with E-state index in [1.165, 1.54) is 12.8 Å². The Morgan fingerprint density at radius 1 is 1.50 bits per heavy atom. The number of hydrogen-bond donors (Lipinski definition) is 2. The number of nitrogens with one attached hydrogen (secondary N) is 2. The average Bonchev–Trinajstić information content (AvgIpc) is 2.46. The number of piperidine rings is 1. The van der Waals surface area contributed by atoms with Gasteiger partial charge in [0.2, 0.25) is 0 Å². The number of ether oxygens (including phenoxy) is 1. The molecule has 112 valence electrons. The molecule has 1 aliphatic rings. The van der Waals surface area contributed by atoms with E-state index in [2.05, 4.69) is 10.6 Å². The predicted molar refractivity (Wildman–Crippen MR) is 82.3 cm³/mol. The topological polar surface area (TPSA) is 50.4 Å². The van der Waals surface area contributed by atoms with Crippen LogP contribution in [0.5, 0.6) is 0 Å². The lowest BCUT2D eigenvalue weighted by atomic mass is 9.99. The summed E-state index contributed by atoms with van der Waals surface area (Å²) < 4.78 is 5.08. The zero-order valence-electron chi connectivity index (χ0n) is 11.9. The van der Waals surface area contributed by atoms with E-state index in [1.807, 2.05) is 24.3 Å². The highest BCUT2D eigenvalue weighted by Gasteiger charge is 2.14. The lowest BCUT2D eigenvalue weighted by molar-refractivity contribution is 0.0944. The van der Waals surface area contributed by atoms with Crippen LogP contribution >= 0.6 is 12.4 Å². The summed E-state index contributed by atoms with van der Waals surface area (Å²) in [6.07, 6.45) is 2.39. The molecule has 1 amide bonds. The Morgan fingerprint density at radius 2 is 2.35 bits per heavy atom. The molecule has 2 rings (SSSR count). The number of hydrogen-bond acceptors (Lipinski definition) is 3. The van der Waals surface area contributed by atoms with Gasteiger partial charge in [-0.1, -0.05) is 12.1 Å². The average molecular weight is 299 g/mol. The van der Waals surface area contributed by atoms with Gasteiger partial charge >= 0.3 is 0 Å². The summed E-state index contributed by atoms with van der Waals surface area (Å²) >= 11 is 0. The Labute approximate surface area is 126 Å². The lowest BCUT2D eigenvalue weighted by Crippen LogP contribution is -2.38. The number of rotatable bonds is 5. The Kier molecular flexibility index (Phi) is 7.59. The molecule has 0 spiro atoms. The maximum atomic E-state index is 12.1. The van der Waals surface area contributed by atoms with Crippen LogP contribution in [0.15, 0.2) is 24.3 Å². The first kappa shape index (κ1) is 17.0. The van der Waals surface area contributed by atoms with E-state index in [0.717, 1.165) is 25.2 Å². The number of halogens is 1. The highest BCUT2D eigenvalue weighted by Crippen LogP contribution is 2.10. The SMILES string of the molecule is COCc1cccc(C(=O)NCC2CCCNC2)c1.Cl. The van der Waals surface area contributed by atoms with Gasteiger partial charge in [-0.2, -0.15) is 0 Å². The molecule has 4 nitrogen and oxygen atoms in total. The number of carbonyl (C=O) groups is 1. The lowest BCUT2D eigenvalue weighted by Gasteiger charge is -2.22. The van der Waals surface area contributed by atoms with Crippen LogP contribution in [0.1, 0.15) is 28.8 Å². The van der Waals surface area contributed by atoms with Crippen LogP contribution in [0.3, 0.4) is 0 Å². The fourth-order valence-electron chi connectivity index (χ4n) is 2.41. The van der Waals surface area contributed by atoms with Crippen LogP contribution < -0.4 is 10.6 Å². The minimum absolute atomic E-state index is 0. The Bertz CT molecular complexity index is 420. The van der Waals surface area contributed by atoms with Crippen molar-refractivity contribution in [1.29, 1.82) is 0 Å². The minimum atomic E-state index is 0. The van der Waals surface area contributed by atoms with E-state index >= 15 is 0 Å². The summed E-state index contributed by atoms with van der Waals surface area (Å²) in [5, 5.41) is 6.37. The zero-order chi connectivity index (χ0) is 13.5. The molecule has 0 bridgehead atoms. The van der Waals surface area contributed by atoms with Crippen molar-refractivity contribution in [2.24, 2.45) is 5.92 Å². The highest BCUT2D eigenvalue weighted by molar-refractivity contribution is 5.94. The van der Waals surface area contributed by atoms with Gasteiger partial charge in [0.25, 0.3) is 5.91 Å². The Morgan fingerprint density at radius 3 is 3.05 bits per heavy atom. The minimum Gasteiger partial charge on any atom is -0.380 e. The van der Waals surface area contributed by atoms with Gasteiger partial charge in [0.15, 0.2) is 0 Å². The number of amides is 1. The molecule has 2 N–H and O–H groups in total. The first-order valence-electron chi connectivity index (χ1n) is 6.86. The Hall–Kier alpha value is -1.10. The standard InChI is InChI=1S/C15H22N2O2.ClH/c1-19-11-12-4-2-6-14(8-12)15(18)17-10-13-5-3-7-16-9-13;/h2,4,6,8,13,16H,3,5,7,9-11H2,1H3,(H,17,18);1H. The van der Waals surface area contributed by atoms with Crippen molar-refractivity contribution < 1.29 is 9.53 Å². The molecule has 1 unspecified atom stereocenters. The molecule has 0 saturated carbocycles. The first-order chi connectivity index (χ1) is 9.29. The molecule has 1 aliphatic heterocycles. The van der Waals surface area contributed by atoms with Crippen LogP contribution in [0, 0.1) is 5.92 Å². The van der Waals surface area contributed by atoms with Crippen LogP contribution in [-0.4, -0.2) is 32.7 Å². The number of benzene rings is 1. The zero-order valence-corrected chi connectivity index (χ0v) is 12.7. The van der Waals surface area contributed by atoms with E-state index in [9.17, 15) is 4.79 Å². The van der Waals surface area contributed by atoms with Gasteiger partial charge in [-0.05, 0) is 49.5 Å². The second-order valence-corrected chi connectivity index (χ2v) is 5.06. The van der Waals surface area contributed by atoms with Crippen LogP contribution in [0.25, 0.3) is 0 Å². The quantitative estimate of drug-likeness (QED) is 0.874. The van der Waals surface area contributed by atoms with E-state index in [-0.39, 0.29) is 18.3 Å². The maximum absolute atomic E-state index is 12.1. The van der Waals surface area contributed by atoms with Crippen molar-refractivity contribution in [3.63, 3.8) is 0 Å². The van der Waals surface area contributed by atoms with Crippen molar-refractivity contribution in [3.8, 4) is 0 Å². The van der Waals surface area contributed by atoms with Crippen molar-refractivity contribution >= 4 is 18.3 Å². The third-order valence-electron chi connectivity index (χ3n) is 3.45. The first-order valence-corrected chi connectivity index (χ1v) is 6.86. The summed E-state index contributed by atoms with van der Waals surface area (Å²) in [6, 6.07) is 7.59. The molecule has 5 heteroatoms. The van der Waals surface area contributed by atoms with Gasteiger partial charge < -0.3 is 15.4 Å².